The smallest absolute Gasteiger partial charge is 0.256 e. The number of aryl methyl sites for hydroxylation is 1. The lowest BCUT2D eigenvalue weighted by Gasteiger charge is -2.28. The first-order valence-electron chi connectivity index (χ1n) is 6.62. The van der Waals surface area contributed by atoms with Crippen LogP contribution in [0.2, 0.25) is 0 Å². The fraction of sp³-hybridized carbons (Fsp3) is 0.308. The Balaban J connectivity index is 1.77. The Morgan fingerprint density at radius 1 is 1.50 bits per heavy atom. The number of amidine groups is 1. The number of thiazole rings is 1. The summed E-state index contributed by atoms with van der Waals surface area (Å²) in [5.41, 5.74) is 1.15. The number of allylic oxidation sites excluding steroid dienone is 2. The van der Waals surface area contributed by atoms with Crippen LogP contribution in [-0.4, -0.2) is 42.3 Å². The van der Waals surface area contributed by atoms with Gasteiger partial charge < -0.3 is 10.2 Å². The average Bonchev–Trinajstić information content (AvgIpc) is 2.89. The van der Waals surface area contributed by atoms with Crippen LogP contribution in [0.25, 0.3) is 0 Å². The summed E-state index contributed by atoms with van der Waals surface area (Å²) in [6, 6.07) is 0. The molecule has 3 heterocycles. The number of hydrogen-bond donors (Lipinski definition) is 1. The molecule has 0 bridgehead atoms. The summed E-state index contributed by atoms with van der Waals surface area (Å²) in [5.74, 6) is -0.228. The first kappa shape index (κ1) is 14.9. The third kappa shape index (κ3) is 3.09. The molecule has 9 heteroatoms. The standard InChI is InChI=1S/C13H14N4O3S2/c1-9-8-21-11(15-9)7-14-13(18)10-3-2-4-17-5-6-22(19,20)16-12(10)17/h2-4,8H,5-7H2,1H3,(H,14,18). The second kappa shape index (κ2) is 5.65. The highest BCUT2D eigenvalue weighted by atomic mass is 32.2. The van der Waals surface area contributed by atoms with Gasteiger partial charge in [-0.3, -0.25) is 4.79 Å². The first-order chi connectivity index (χ1) is 10.4. The number of nitrogens with zero attached hydrogens (tertiary/aromatic N) is 3. The predicted octanol–water partition coefficient (Wildman–Crippen LogP) is 0.565. The Bertz CT molecular complexity index is 805. The van der Waals surface area contributed by atoms with Gasteiger partial charge >= 0.3 is 0 Å². The molecule has 3 rings (SSSR count). The molecule has 0 saturated carbocycles. The maximum absolute atomic E-state index is 12.3. The largest absolute Gasteiger partial charge is 0.345 e. The van der Waals surface area contributed by atoms with E-state index in [4.69, 9.17) is 0 Å². The summed E-state index contributed by atoms with van der Waals surface area (Å²) in [4.78, 5) is 18.2. The van der Waals surface area contributed by atoms with E-state index in [1.165, 1.54) is 11.3 Å². The molecule has 2 aliphatic rings. The van der Waals surface area contributed by atoms with Crippen LogP contribution in [-0.2, 0) is 21.4 Å². The van der Waals surface area contributed by atoms with E-state index in [-0.39, 0.29) is 23.1 Å². The number of fused-ring (bicyclic) bond motifs is 1. The van der Waals surface area contributed by atoms with E-state index in [0.29, 0.717) is 13.1 Å². The van der Waals surface area contributed by atoms with E-state index in [1.54, 1.807) is 23.3 Å². The Hall–Kier alpha value is -2.00. The zero-order chi connectivity index (χ0) is 15.7. The van der Waals surface area contributed by atoms with Gasteiger partial charge in [-0.2, -0.15) is 0 Å². The Kier molecular flexibility index (Phi) is 3.83. The first-order valence-corrected chi connectivity index (χ1v) is 9.11. The minimum absolute atomic E-state index is 0.0475. The molecule has 1 N–H and O–H groups in total. The maximum atomic E-state index is 12.3. The fourth-order valence-electron chi connectivity index (χ4n) is 2.13. The van der Waals surface area contributed by atoms with Crippen molar-refractivity contribution in [2.24, 2.45) is 4.40 Å². The third-order valence-electron chi connectivity index (χ3n) is 3.17. The number of sulfonamides is 1. The zero-order valence-corrected chi connectivity index (χ0v) is 13.4. The van der Waals surface area contributed by atoms with Crippen molar-refractivity contribution in [3.8, 4) is 0 Å². The van der Waals surface area contributed by atoms with Crippen LogP contribution in [0, 0.1) is 6.92 Å². The Labute approximate surface area is 132 Å². The molecule has 1 aromatic rings. The van der Waals surface area contributed by atoms with Crippen LogP contribution in [0.15, 0.2) is 33.7 Å². The van der Waals surface area contributed by atoms with Crippen molar-refractivity contribution in [2.45, 2.75) is 13.5 Å². The SMILES string of the molecule is Cc1csc(CNC(=O)C2=CC=CN3CCS(=O)(=O)N=C23)n1. The zero-order valence-electron chi connectivity index (χ0n) is 11.8. The second-order valence-corrected chi connectivity index (χ2v) is 7.58. The lowest BCUT2D eigenvalue weighted by Crippen LogP contribution is -2.42. The topological polar surface area (TPSA) is 91.7 Å². The highest BCUT2D eigenvalue weighted by Crippen LogP contribution is 2.18. The molecule has 0 atom stereocenters. The molecule has 2 aliphatic heterocycles. The van der Waals surface area contributed by atoms with E-state index in [9.17, 15) is 13.2 Å². The van der Waals surface area contributed by atoms with E-state index < -0.39 is 10.0 Å². The van der Waals surface area contributed by atoms with Crippen LogP contribution in [0.5, 0.6) is 0 Å². The molecule has 0 aliphatic carbocycles. The van der Waals surface area contributed by atoms with Gasteiger partial charge in [-0.25, -0.2) is 13.4 Å². The minimum atomic E-state index is -3.50. The number of amides is 1. The number of carbonyl (C=O) groups is 1. The summed E-state index contributed by atoms with van der Waals surface area (Å²) < 4.78 is 27.0. The minimum Gasteiger partial charge on any atom is -0.345 e. The maximum Gasteiger partial charge on any atom is 0.256 e. The predicted molar refractivity (Wildman–Crippen MR) is 83.8 cm³/mol. The highest BCUT2D eigenvalue weighted by Gasteiger charge is 2.29. The Morgan fingerprint density at radius 2 is 2.32 bits per heavy atom. The normalized spacial score (nSPS) is 19.2. The van der Waals surface area contributed by atoms with Crippen LogP contribution >= 0.6 is 11.3 Å². The molecule has 116 valence electrons. The lowest BCUT2D eigenvalue weighted by molar-refractivity contribution is -0.117. The van der Waals surface area contributed by atoms with Crippen LogP contribution in [0.3, 0.4) is 0 Å². The van der Waals surface area contributed by atoms with E-state index in [2.05, 4.69) is 14.7 Å². The van der Waals surface area contributed by atoms with Crippen molar-refractivity contribution >= 4 is 33.1 Å². The van der Waals surface area contributed by atoms with Gasteiger partial charge in [-0.15, -0.1) is 15.7 Å². The number of nitrogens with one attached hydrogen (secondary N) is 1. The summed E-state index contributed by atoms with van der Waals surface area (Å²) in [6.45, 7) is 2.49. The van der Waals surface area contributed by atoms with Crippen molar-refractivity contribution in [3.63, 3.8) is 0 Å². The third-order valence-corrected chi connectivity index (χ3v) is 5.29. The molecule has 0 spiro atoms. The number of hydrogen-bond acceptors (Lipinski definition) is 6. The summed E-state index contributed by atoms with van der Waals surface area (Å²) in [6.07, 6.45) is 4.99. The molecule has 1 amide bonds. The van der Waals surface area contributed by atoms with Crippen LogP contribution < -0.4 is 5.32 Å². The fourth-order valence-corrected chi connectivity index (χ4v) is 3.83. The average molecular weight is 338 g/mol. The molecule has 1 aromatic heterocycles. The number of rotatable bonds is 3. The molecule has 0 aromatic carbocycles. The van der Waals surface area contributed by atoms with Crippen LogP contribution in [0.1, 0.15) is 10.7 Å². The second-order valence-electron chi connectivity index (χ2n) is 4.88. The summed E-state index contributed by atoms with van der Waals surface area (Å²) >= 11 is 1.46. The van der Waals surface area contributed by atoms with Crippen molar-refractivity contribution in [1.82, 2.24) is 15.2 Å². The molecule has 0 radical (unpaired) electrons. The molecule has 0 saturated heterocycles. The van der Waals surface area contributed by atoms with Crippen LogP contribution in [0.4, 0.5) is 0 Å². The van der Waals surface area contributed by atoms with E-state index >= 15 is 0 Å². The summed E-state index contributed by atoms with van der Waals surface area (Å²) in [7, 11) is -3.50. The van der Waals surface area contributed by atoms with Crippen molar-refractivity contribution in [1.29, 1.82) is 0 Å². The van der Waals surface area contributed by atoms with E-state index in [0.717, 1.165) is 10.7 Å². The van der Waals surface area contributed by atoms with Gasteiger partial charge in [-0.05, 0) is 19.1 Å². The van der Waals surface area contributed by atoms with Gasteiger partial charge in [0.2, 0.25) is 0 Å². The summed E-state index contributed by atoms with van der Waals surface area (Å²) in [5, 5.41) is 5.45. The quantitative estimate of drug-likeness (QED) is 0.870. The molecule has 0 unspecified atom stereocenters. The van der Waals surface area contributed by atoms with Crippen molar-refractivity contribution < 1.29 is 13.2 Å². The van der Waals surface area contributed by atoms with Gasteiger partial charge in [0.15, 0.2) is 5.84 Å². The van der Waals surface area contributed by atoms with Gasteiger partial charge in [0.05, 0.1) is 17.9 Å². The molecular weight excluding hydrogens is 324 g/mol. The van der Waals surface area contributed by atoms with Crippen molar-refractivity contribution in [2.75, 3.05) is 12.3 Å². The van der Waals surface area contributed by atoms with Gasteiger partial charge in [0.1, 0.15) is 5.01 Å². The lowest BCUT2D eigenvalue weighted by atomic mass is 10.1. The van der Waals surface area contributed by atoms with Gasteiger partial charge in [-0.1, -0.05) is 0 Å². The van der Waals surface area contributed by atoms with E-state index in [1.807, 2.05) is 12.3 Å². The number of aromatic nitrogens is 1. The van der Waals surface area contributed by atoms with Gasteiger partial charge in [0, 0.05) is 23.8 Å². The number of carbonyl (C=O) groups excluding carboxylic acids is 1. The Morgan fingerprint density at radius 3 is 3.05 bits per heavy atom. The monoisotopic (exact) mass is 338 g/mol. The van der Waals surface area contributed by atoms with Gasteiger partial charge in [0.25, 0.3) is 15.9 Å². The molecule has 7 nitrogen and oxygen atoms in total. The highest BCUT2D eigenvalue weighted by molar-refractivity contribution is 7.90. The van der Waals surface area contributed by atoms with Crippen molar-refractivity contribution in [3.05, 3.63) is 40.0 Å². The molecule has 0 fully saturated rings. The molecular formula is C13H14N4O3S2. The molecule has 22 heavy (non-hydrogen) atoms.